The van der Waals surface area contributed by atoms with E-state index in [0.717, 1.165) is 0 Å². The summed E-state index contributed by atoms with van der Waals surface area (Å²) in [5, 5.41) is 0. The van der Waals surface area contributed by atoms with E-state index in [0.29, 0.717) is 17.0 Å². The molecule has 2 fully saturated rings. The highest BCUT2D eigenvalue weighted by Crippen LogP contribution is 2.53. The Balaban J connectivity index is 1.95. The molecule has 1 heterocycles. The van der Waals surface area contributed by atoms with Crippen molar-refractivity contribution in [2.45, 2.75) is 58.0 Å². The lowest BCUT2D eigenvalue weighted by atomic mass is 9.96. The molecule has 0 aromatic rings. The molecule has 1 spiro atoms. The Hall–Kier alpha value is -0.0800. The Morgan fingerprint density at radius 2 is 2.14 bits per heavy atom. The molecule has 14 heavy (non-hydrogen) atoms. The molecule has 0 amide bonds. The minimum Gasteiger partial charge on any atom is -0.327 e. The quantitative estimate of drug-likeness (QED) is 0.748. The summed E-state index contributed by atoms with van der Waals surface area (Å²) in [6.45, 7) is 9.55. The average Bonchev–Trinajstić information content (AvgIpc) is 2.56. The predicted molar refractivity (Wildman–Crippen MR) is 60.2 cm³/mol. The van der Waals surface area contributed by atoms with Gasteiger partial charge in [0.15, 0.2) is 0 Å². The molecule has 0 radical (unpaired) electrons. The van der Waals surface area contributed by atoms with Crippen molar-refractivity contribution in [2.24, 2.45) is 11.1 Å². The van der Waals surface area contributed by atoms with Crippen LogP contribution in [0.2, 0.25) is 0 Å². The fourth-order valence-corrected chi connectivity index (χ4v) is 3.03. The second-order valence-corrected chi connectivity index (χ2v) is 5.91. The molecule has 2 N–H and O–H groups in total. The molecule has 2 rings (SSSR count). The first-order chi connectivity index (χ1) is 6.50. The van der Waals surface area contributed by atoms with Gasteiger partial charge in [-0.15, -0.1) is 0 Å². The zero-order valence-electron chi connectivity index (χ0n) is 9.84. The minimum atomic E-state index is 0.389. The third-order valence-electron chi connectivity index (χ3n) is 4.36. The lowest BCUT2D eigenvalue weighted by molar-refractivity contribution is 0.135. The minimum absolute atomic E-state index is 0.389. The summed E-state index contributed by atoms with van der Waals surface area (Å²) in [5.41, 5.74) is 6.94. The average molecular weight is 196 g/mol. The molecule has 1 aliphatic heterocycles. The highest BCUT2D eigenvalue weighted by Gasteiger charge is 2.56. The zero-order valence-corrected chi connectivity index (χ0v) is 9.84. The van der Waals surface area contributed by atoms with E-state index in [-0.39, 0.29) is 0 Å². The van der Waals surface area contributed by atoms with Gasteiger partial charge in [0.05, 0.1) is 0 Å². The van der Waals surface area contributed by atoms with Crippen LogP contribution in [0.3, 0.4) is 0 Å². The van der Waals surface area contributed by atoms with Crippen molar-refractivity contribution in [3.63, 3.8) is 0 Å². The first kappa shape index (κ1) is 10.4. The molecule has 1 saturated heterocycles. The lowest BCUT2D eigenvalue weighted by Gasteiger charge is -2.35. The van der Waals surface area contributed by atoms with Crippen molar-refractivity contribution in [1.82, 2.24) is 4.90 Å². The number of hydrogen-bond donors (Lipinski definition) is 1. The monoisotopic (exact) mass is 196 g/mol. The zero-order chi connectivity index (χ0) is 10.4. The highest BCUT2D eigenvalue weighted by molar-refractivity contribution is 5.12. The third-order valence-corrected chi connectivity index (χ3v) is 4.36. The summed E-state index contributed by atoms with van der Waals surface area (Å²) in [6.07, 6.45) is 5.19. The lowest BCUT2D eigenvalue weighted by Crippen LogP contribution is -2.42. The molecule has 2 aliphatic rings. The fourth-order valence-electron chi connectivity index (χ4n) is 3.03. The van der Waals surface area contributed by atoms with Gasteiger partial charge in [-0.3, -0.25) is 4.90 Å². The normalized spacial score (nSPS) is 38.1. The van der Waals surface area contributed by atoms with Crippen molar-refractivity contribution in [3.8, 4) is 0 Å². The van der Waals surface area contributed by atoms with Gasteiger partial charge in [-0.1, -0.05) is 13.3 Å². The predicted octanol–water partition coefficient (Wildman–Crippen LogP) is 1.99. The van der Waals surface area contributed by atoms with Crippen molar-refractivity contribution >= 4 is 0 Å². The van der Waals surface area contributed by atoms with Crippen molar-refractivity contribution in [1.29, 1.82) is 0 Å². The second kappa shape index (κ2) is 3.21. The molecule has 2 atom stereocenters. The van der Waals surface area contributed by atoms with E-state index in [1.54, 1.807) is 0 Å². The summed E-state index contributed by atoms with van der Waals surface area (Å²) >= 11 is 0. The summed E-state index contributed by atoms with van der Waals surface area (Å²) < 4.78 is 0. The number of likely N-dealkylation sites (tertiary alicyclic amines) is 1. The Morgan fingerprint density at radius 1 is 1.50 bits per heavy atom. The van der Waals surface area contributed by atoms with Crippen LogP contribution in [0.25, 0.3) is 0 Å². The number of nitrogens with two attached hydrogens (primary N) is 1. The van der Waals surface area contributed by atoms with E-state index in [4.69, 9.17) is 5.73 Å². The molecule has 0 bridgehead atoms. The van der Waals surface area contributed by atoms with Crippen LogP contribution in [0.5, 0.6) is 0 Å². The van der Waals surface area contributed by atoms with Crippen LogP contribution in [-0.2, 0) is 0 Å². The molecule has 2 heteroatoms. The maximum Gasteiger partial charge on any atom is 0.0153 e. The van der Waals surface area contributed by atoms with Gasteiger partial charge in [0.2, 0.25) is 0 Å². The Bertz CT molecular complexity index is 224. The van der Waals surface area contributed by atoms with Gasteiger partial charge in [-0.25, -0.2) is 0 Å². The van der Waals surface area contributed by atoms with E-state index in [1.165, 1.54) is 38.8 Å². The number of hydrogen-bond acceptors (Lipinski definition) is 2. The summed E-state index contributed by atoms with van der Waals surface area (Å²) in [5.74, 6) is 0. The topological polar surface area (TPSA) is 29.3 Å². The molecule has 82 valence electrons. The second-order valence-electron chi connectivity index (χ2n) is 5.91. The molecule has 1 unspecified atom stereocenters. The van der Waals surface area contributed by atoms with Gasteiger partial charge in [0.25, 0.3) is 0 Å². The van der Waals surface area contributed by atoms with Crippen LogP contribution in [0.4, 0.5) is 0 Å². The van der Waals surface area contributed by atoms with Gasteiger partial charge in [-0.05, 0) is 39.7 Å². The van der Waals surface area contributed by atoms with E-state index >= 15 is 0 Å². The van der Waals surface area contributed by atoms with Gasteiger partial charge in [-0.2, -0.15) is 0 Å². The largest absolute Gasteiger partial charge is 0.327 e. The van der Waals surface area contributed by atoms with Crippen molar-refractivity contribution < 1.29 is 0 Å². The molecule has 1 aliphatic carbocycles. The van der Waals surface area contributed by atoms with Gasteiger partial charge in [0, 0.05) is 23.5 Å². The number of nitrogens with zero attached hydrogens (tertiary/aromatic N) is 1. The molecular formula is C12H24N2. The van der Waals surface area contributed by atoms with Crippen LogP contribution in [0, 0.1) is 5.41 Å². The van der Waals surface area contributed by atoms with E-state index < -0.39 is 0 Å². The first-order valence-corrected chi connectivity index (χ1v) is 6.01. The van der Waals surface area contributed by atoms with Crippen LogP contribution < -0.4 is 5.73 Å². The van der Waals surface area contributed by atoms with Crippen molar-refractivity contribution in [3.05, 3.63) is 0 Å². The van der Waals surface area contributed by atoms with Crippen molar-refractivity contribution in [2.75, 3.05) is 13.1 Å². The molecular weight excluding hydrogens is 172 g/mol. The summed E-state index contributed by atoms with van der Waals surface area (Å²) in [7, 11) is 0. The van der Waals surface area contributed by atoms with Crippen LogP contribution in [0.15, 0.2) is 0 Å². The number of rotatable bonds is 3. The Kier molecular flexibility index (Phi) is 2.39. The van der Waals surface area contributed by atoms with E-state index in [2.05, 4.69) is 25.7 Å². The first-order valence-electron chi connectivity index (χ1n) is 6.01. The molecule has 2 nitrogen and oxygen atoms in total. The van der Waals surface area contributed by atoms with E-state index in [1.807, 2.05) is 0 Å². The maximum atomic E-state index is 6.02. The summed E-state index contributed by atoms with van der Waals surface area (Å²) in [4.78, 5) is 2.66. The van der Waals surface area contributed by atoms with Crippen LogP contribution in [0.1, 0.15) is 46.5 Å². The maximum absolute atomic E-state index is 6.02. The Labute approximate surface area is 87.8 Å². The van der Waals surface area contributed by atoms with Crippen LogP contribution in [-0.4, -0.2) is 29.6 Å². The van der Waals surface area contributed by atoms with Gasteiger partial charge >= 0.3 is 0 Å². The standard InChI is InChI=1S/C12H24N2/c1-4-5-11(2,3)14-7-6-12(9-14)8-10(12)13/h10H,4-9,13H2,1-3H3/t10-,12?/m1/s1. The van der Waals surface area contributed by atoms with E-state index in [9.17, 15) is 0 Å². The SMILES string of the molecule is CCCC(C)(C)N1CCC2(C[C@H]2N)C1. The Morgan fingerprint density at radius 3 is 2.57 bits per heavy atom. The fraction of sp³-hybridized carbons (Fsp3) is 1.00. The summed E-state index contributed by atoms with van der Waals surface area (Å²) in [6, 6.07) is 0.505. The third kappa shape index (κ3) is 1.59. The molecule has 0 aromatic carbocycles. The van der Waals surface area contributed by atoms with Gasteiger partial charge < -0.3 is 5.73 Å². The highest BCUT2D eigenvalue weighted by atomic mass is 15.2. The smallest absolute Gasteiger partial charge is 0.0153 e. The van der Waals surface area contributed by atoms with Crippen LogP contribution >= 0.6 is 0 Å². The molecule has 0 aromatic heterocycles. The van der Waals surface area contributed by atoms with Gasteiger partial charge in [0.1, 0.15) is 0 Å². The molecule has 1 saturated carbocycles.